The number of pyridine rings is 1. The smallest absolute Gasteiger partial charge is 0.0749 e. The minimum atomic E-state index is 0.366. The van der Waals surface area contributed by atoms with Crippen LogP contribution < -0.4 is 10.2 Å². The molecule has 1 fully saturated rings. The lowest BCUT2D eigenvalue weighted by Crippen LogP contribution is -2.34. The van der Waals surface area contributed by atoms with Crippen molar-refractivity contribution >= 4 is 5.69 Å². The Kier molecular flexibility index (Phi) is 6.27. The van der Waals surface area contributed by atoms with Gasteiger partial charge in [-0.25, -0.2) is 0 Å². The van der Waals surface area contributed by atoms with Crippen molar-refractivity contribution in [2.24, 2.45) is 0 Å². The Morgan fingerprint density at radius 2 is 2.35 bits per heavy atom. The molecule has 1 unspecified atom stereocenters. The second kappa shape index (κ2) is 8.22. The van der Waals surface area contributed by atoms with Crippen molar-refractivity contribution in [2.45, 2.75) is 45.3 Å². The fourth-order valence-electron chi connectivity index (χ4n) is 2.66. The largest absolute Gasteiger partial charge is 0.376 e. The van der Waals surface area contributed by atoms with E-state index in [9.17, 15) is 0 Å². The molecule has 1 aromatic rings. The van der Waals surface area contributed by atoms with Gasteiger partial charge in [0.25, 0.3) is 0 Å². The third kappa shape index (κ3) is 4.46. The highest BCUT2D eigenvalue weighted by atomic mass is 16.5. The topological polar surface area (TPSA) is 37.4 Å². The van der Waals surface area contributed by atoms with Gasteiger partial charge in [0, 0.05) is 32.9 Å². The molecule has 1 aliphatic heterocycles. The van der Waals surface area contributed by atoms with Gasteiger partial charge < -0.3 is 15.0 Å². The van der Waals surface area contributed by atoms with Crippen LogP contribution in [0.1, 0.15) is 38.2 Å². The van der Waals surface area contributed by atoms with Gasteiger partial charge in [0.1, 0.15) is 0 Å². The van der Waals surface area contributed by atoms with Crippen LogP contribution in [-0.2, 0) is 11.3 Å². The summed E-state index contributed by atoms with van der Waals surface area (Å²) in [7, 11) is 2.14. The number of hydrogen-bond donors (Lipinski definition) is 1. The molecule has 20 heavy (non-hydrogen) atoms. The van der Waals surface area contributed by atoms with Crippen LogP contribution in [-0.4, -0.2) is 37.8 Å². The van der Waals surface area contributed by atoms with E-state index in [0.29, 0.717) is 6.10 Å². The summed E-state index contributed by atoms with van der Waals surface area (Å²) in [5.74, 6) is 0. The SMILES string of the molecule is CCCNCc1ccncc1N(C)CC1CCCCO1. The molecule has 1 aromatic heterocycles. The Labute approximate surface area is 122 Å². The summed E-state index contributed by atoms with van der Waals surface area (Å²) >= 11 is 0. The minimum Gasteiger partial charge on any atom is -0.376 e. The van der Waals surface area contributed by atoms with E-state index in [2.05, 4.69) is 35.2 Å². The molecule has 4 heteroatoms. The molecule has 0 radical (unpaired) electrons. The molecule has 0 spiro atoms. The second-order valence-corrected chi connectivity index (χ2v) is 5.55. The van der Waals surface area contributed by atoms with Crippen molar-refractivity contribution in [3.05, 3.63) is 24.0 Å². The number of aromatic nitrogens is 1. The van der Waals surface area contributed by atoms with Crippen LogP contribution in [0.4, 0.5) is 5.69 Å². The van der Waals surface area contributed by atoms with Gasteiger partial charge >= 0.3 is 0 Å². The molecule has 2 heterocycles. The Morgan fingerprint density at radius 1 is 1.45 bits per heavy atom. The average Bonchev–Trinajstić information content (AvgIpc) is 2.49. The van der Waals surface area contributed by atoms with Crippen LogP contribution in [0.3, 0.4) is 0 Å². The van der Waals surface area contributed by atoms with Crippen LogP contribution in [0.2, 0.25) is 0 Å². The van der Waals surface area contributed by atoms with Crippen molar-refractivity contribution in [2.75, 3.05) is 31.6 Å². The third-order valence-electron chi connectivity index (χ3n) is 3.79. The molecule has 1 aliphatic rings. The first-order valence-electron chi connectivity index (χ1n) is 7.77. The molecule has 0 amide bonds. The number of likely N-dealkylation sites (N-methyl/N-ethyl adjacent to an activating group) is 1. The number of nitrogens with one attached hydrogen (secondary N) is 1. The summed E-state index contributed by atoms with van der Waals surface area (Å²) in [6, 6.07) is 2.11. The average molecular weight is 277 g/mol. The molecule has 0 aliphatic carbocycles. The maximum absolute atomic E-state index is 5.83. The van der Waals surface area contributed by atoms with Crippen LogP contribution in [0.5, 0.6) is 0 Å². The molecule has 0 bridgehead atoms. The van der Waals surface area contributed by atoms with Gasteiger partial charge in [-0.2, -0.15) is 0 Å². The molecule has 0 aromatic carbocycles. The zero-order chi connectivity index (χ0) is 14.2. The van der Waals surface area contributed by atoms with Crippen LogP contribution >= 0.6 is 0 Å². The van der Waals surface area contributed by atoms with E-state index < -0.39 is 0 Å². The number of ether oxygens (including phenoxy) is 1. The number of nitrogens with zero attached hydrogens (tertiary/aromatic N) is 2. The van der Waals surface area contributed by atoms with Crippen molar-refractivity contribution in [3.8, 4) is 0 Å². The molecule has 2 rings (SSSR count). The summed E-state index contributed by atoms with van der Waals surface area (Å²) in [6.07, 6.45) is 9.03. The highest BCUT2D eigenvalue weighted by Crippen LogP contribution is 2.20. The van der Waals surface area contributed by atoms with Gasteiger partial charge in [-0.05, 0) is 43.9 Å². The van der Waals surface area contributed by atoms with Gasteiger partial charge in [0.15, 0.2) is 0 Å². The van der Waals surface area contributed by atoms with E-state index >= 15 is 0 Å². The normalized spacial score (nSPS) is 19.0. The van der Waals surface area contributed by atoms with Gasteiger partial charge in [-0.1, -0.05) is 6.92 Å². The minimum absolute atomic E-state index is 0.366. The van der Waals surface area contributed by atoms with Crippen LogP contribution in [0, 0.1) is 0 Å². The highest BCUT2D eigenvalue weighted by Gasteiger charge is 2.17. The van der Waals surface area contributed by atoms with E-state index in [0.717, 1.165) is 32.7 Å². The van der Waals surface area contributed by atoms with Crippen LogP contribution in [0.25, 0.3) is 0 Å². The first-order valence-corrected chi connectivity index (χ1v) is 7.77. The fourth-order valence-corrected chi connectivity index (χ4v) is 2.66. The van der Waals surface area contributed by atoms with Crippen LogP contribution in [0.15, 0.2) is 18.5 Å². The van der Waals surface area contributed by atoms with E-state index in [4.69, 9.17) is 4.74 Å². The first kappa shape index (κ1) is 15.3. The monoisotopic (exact) mass is 277 g/mol. The Morgan fingerprint density at radius 3 is 3.10 bits per heavy atom. The van der Waals surface area contributed by atoms with Gasteiger partial charge in [-0.3, -0.25) is 4.98 Å². The summed E-state index contributed by atoms with van der Waals surface area (Å²) in [6.45, 7) is 6.01. The zero-order valence-corrected chi connectivity index (χ0v) is 12.8. The second-order valence-electron chi connectivity index (χ2n) is 5.55. The lowest BCUT2D eigenvalue weighted by molar-refractivity contribution is 0.0216. The quantitative estimate of drug-likeness (QED) is 0.777. The molecule has 1 atom stereocenters. The molecule has 4 nitrogen and oxygen atoms in total. The Hall–Kier alpha value is -1.13. The highest BCUT2D eigenvalue weighted by molar-refractivity contribution is 5.51. The predicted octanol–water partition coefficient (Wildman–Crippen LogP) is 2.59. The standard InChI is InChI=1S/C16H27N3O/c1-3-8-17-11-14-7-9-18-12-16(14)19(2)13-15-6-4-5-10-20-15/h7,9,12,15,17H,3-6,8,10-11,13H2,1-2H3. The molecule has 1 N–H and O–H groups in total. The lowest BCUT2D eigenvalue weighted by atomic mass is 10.1. The van der Waals surface area contributed by atoms with E-state index in [1.54, 1.807) is 0 Å². The Bertz CT molecular complexity index is 391. The molecular formula is C16H27N3O. The Balaban J connectivity index is 1.95. The maximum atomic E-state index is 5.83. The van der Waals surface area contributed by atoms with Crippen molar-refractivity contribution in [1.82, 2.24) is 10.3 Å². The summed E-state index contributed by atoms with van der Waals surface area (Å²) in [4.78, 5) is 6.56. The summed E-state index contributed by atoms with van der Waals surface area (Å²) in [5, 5.41) is 3.46. The summed E-state index contributed by atoms with van der Waals surface area (Å²) in [5.41, 5.74) is 2.53. The number of anilines is 1. The molecule has 0 saturated carbocycles. The van der Waals surface area contributed by atoms with E-state index in [-0.39, 0.29) is 0 Å². The van der Waals surface area contributed by atoms with Crippen molar-refractivity contribution in [3.63, 3.8) is 0 Å². The summed E-state index contributed by atoms with van der Waals surface area (Å²) < 4.78 is 5.83. The number of rotatable bonds is 7. The van der Waals surface area contributed by atoms with Gasteiger partial charge in [0.05, 0.1) is 18.0 Å². The first-order chi connectivity index (χ1) is 9.81. The van der Waals surface area contributed by atoms with E-state index in [1.807, 2.05) is 12.4 Å². The third-order valence-corrected chi connectivity index (χ3v) is 3.79. The van der Waals surface area contributed by atoms with E-state index in [1.165, 1.54) is 30.5 Å². The number of hydrogen-bond acceptors (Lipinski definition) is 4. The van der Waals surface area contributed by atoms with Gasteiger partial charge in [-0.15, -0.1) is 0 Å². The molecule has 112 valence electrons. The molecular weight excluding hydrogens is 250 g/mol. The molecule has 1 saturated heterocycles. The lowest BCUT2D eigenvalue weighted by Gasteiger charge is -2.29. The van der Waals surface area contributed by atoms with Crippen molar-refractivity contribution < 1.29 is 4.74 Å². The maximum Gasteiger partial charge on any atom is 0.0749 e. The predicted molar refractivity (Wildman–Crippen MR) is 83.1 cm³/mol. The van der Waals surface area contributed by atoms with Crippen molar-refractivity contribution in [1.29, 1.82) is 0 Å². The van der Waals surface area contributed by atoms with Gasteiger partial charge in [0.2, 0.25) is 0 Å². The zero-order valence-electron chi connectivity index (χ0n) is 12.8. The fraction of sp³-hybridized carbons (Fsp3) is 0.688.